The van der Waals surface area contributed by atoms with E-state index in [0.29, 0.717) is 18.3 Å². The maximum Gasteiger partial charge on any atom is 0.223 e. The third kappa shape index (κ3) is 4.78. The highest BCUT2D eigenvalue weighted by Gasteiger charge is 2.27. The molecule has 1 aliphatic carbocycles. The monoisotopic (exact) mass is 407 g/mol. The van der Waals surface area contributed by atoms with Crippen LogP contribution in [0.4, 0.5) is 5.82 Å². The highest BCUT2D eigenvalue weighted by molar-refractivity contribution is 5.89. The van der Waals surface area contributed by atoms with Crippen LogP contribution in [0.5, 0.6) is 0 Å². The van der Waals surface area contributed by atoms with Gasteiger partial charge in [-0.25, -0.2) is 9.97 Å². The second-order valence-corrected chi connectivity index (χ2v) is 8.08. The Bertz CT molecular complexity index is 1010. The minimum Gasteiger partial charge on any atom is -0.367 e. The molecule has 3 aromatic rings. The van der Waals surface area contributed by atoms with Crippen LogP contribution < -0.4 is 10.6 Å². The molecule has 0 aliphatic heterocycles. The summed E-state index contributed by atoms with van der Waals surface area (Å²) in [7, 11) is 0. The number of benzene rings is 1. The van der Waals surface area contributed by atoms with Crippen LogP contribution in [0.15, 0.2) is 34.9 Å². The van der Waals surface area contributed by atoms with Gasteiger partial charge in [0.2, 0.25) is 5.91 Å². The van der Waals surface area contributed by atoms with Crippen LogP contribution in [0.1, 0.15) is 56.3 Å². The summed E-state index contributed by atoms with van der Waals surface area (Å²) in [6, 6.07) is 10.3. The fourth-order valence-corrected chi connectivity index (χ4v) is 4.13. The maximum absolute atomic E-state index is 12.6. The normalized spacial score (nSPS) is 19.0. The number of hydrogen-bond acceptors (Lipinski definition) is 6. The molecule has 1 aromatic carbocycles. The summed E-state index contributed by atoms with van der Waals surface area (Å²) in [6.45, 7) is 4.42. The Kier molecular flexibility index (Phi) is 6.26. The van der Waals surface area contributed by atoms with Crippen LogP contribution >= 0.6 is 0 Å². The van der Waals surface area contributed by atoms with Gasteiger partial charge in [0, 0.05) is 23.4 Å². The number of carbonyl (C=O) groups is 1. The second kappa shape index (κ2) is 9.24. The molecule has 0 bridgehead atoms. The largest absolute Gasteiger partial charge is 0.367 e. The van der Waals surface area contributed by atoms with Crippen molar-refractivity contribution < 1.29 is 9.32 Å². The van der Waals surface area contributed by atoms with E-state index in [-0.39, 0.29) is 11.8 Å². The first-order valence-electron chi connectivity index (χ1n) is 10.8. The number of nitrogens with one attached hydrogen (secondary N) is 2. The number of aromatic nitrogens is 3. The summed E-state index contributed by atoms with van der Waals surface area (Å²) >= 11 is 0. The predicted octanol–water partition coefficient (Wildman–Crippen LogP) is 4.17. The molecule has 30 heavy (non-hydrogen) atoms. The number of hydrogen-bond donors (Lipinski definition) is 2. The van der Waals surface area contributed by atoms with Crippen molar-refractivity contribution in [2.24, 2.45) is 5.92 Å². The highest BCUT2D eigenvalue weighted by atomic mass is 16.5. The van der Waals surface area contributed by atoms with Crippen molar-refractivity contribution in [3.63, 3.8) is 0 Å². The van der Waals surface area contributed by atoms with E-state index in [9.17, 15) is 4.79 Å². The van der Waals surface area contributed by atoms with E-state index < -0.39 is 0 Å². The number of para-hydroxylation sites is 1. The lowest BCUT2D eigenvalue weighted by Gasteiger charge is -2.29. The van der Waals surface area contributed by atoms with Gasteiger partial charge in [0.1, 0.15) is 11.6 Å². The van der Waals surface area contributed by atoms with Crippen LogP contribution in [-0.4, -0.2) is 27.1 Å². The zero-order valence-corrected chi connectivity index (χ0v) is 17.6. The van der Waals surface area contributed by atoms with E-state index in [4.69, 9.17) is 4.52 Å². The van der Waals surface area contributed by atoms with Gasteiger partial charge in [0.15, 0.2) is 5.76 Å². The first-order valence-corrected chi connectivity index (χ1v) is 10.8. The van der Waals surface area contributed by atoms with Crippen LogP contribution in [-0.2, 0) is 17.8 Å². The number of rotatable bonds is 7. The van der Waals surface area contributed by atoms with Gasteiger partial charge in [-0.15, -0.1) is 0 Å². The zero-order valence-electron chi connectivity index (χ0n) is 17.6. The minimum atomic E-state index is 0.0463. The van der Waals surface area contributed by atoms with Gasteiger partial charge in [-0.3, -0.25) is 4.79 Å². The summed E-state index contributed by atoms with van der Waals surface area (Å²) < 4.78 is 5.30. The van der Waals surface area contributed by atoms with E-state index in [0.717, 1.165) is 66.8 Å². The molecule has 2 heterocycles. The maximum atomic E-state index is 12.6. The van der Waals surface area contributed by atoms with Gasteiger partial charge in [0.05, 0.1) is 17.8 Å². The SMILES string of the molecule is CCCc1cc(CNC(=O)C2CCC(Nc3nc(C)nc4ccccc34)CC2)on1. The van der Waals surface area contributed by atoms with Gasteiger partial charge in [-0.1, -0.05) is 30.6 Å². The molecule has 158 valence electrons. The van der Waals surface area contributed by atoms with Crippen molar-refractivity contribution in [3.05, 3.63) is 47.6 Å². The molecular weight excluding hydrogens is 378 g/mol. The molecular formula is C23H29N5O2. The van der Waals surface area contributed by atoms with Crippen molar-refractivity contribution in [1.82, 2.24) is 20.4 Å². The van der Waals surface area contributed by atoms with Gasteiger partial charge in [0.25, 0.3) is 0 Å². The third-order valence-electron chi connectivity index (χ3n) is 5.70. The van der Waals surface area contributed by atoms with Crippen LogP contribution in [0.25, 0.3) is 10.9 Å². The summed E-state index contributed by atoms with van der Waals surface area (Å²) in [5, 5.41) is 11.7. The van der Waals surface area contributed by atoms with Crippen LogP contribution in [0.2, 0.25) is 0 Å². The average molecular weight is 408 g/mol. The lowest BCUT2D eigenvalue weighted by Crippen LogP contribution is -2.35. The molecule has 0 unspecified atom stereocenters. The standard InChI is InChI=1S/C23H29N5O2/c1-3-6-18-13-19(30-28-18)14-24-23(29)16-9-11-17(12-10-16)27-22-20-7-4-5-8-21(20)25-15(2)26-22/h4-5,7-8,13,16-17H,3,6,9-12,14H2,1-2H3,(H,24,29)(H,25,26,27). The van der Waals surface area contributed by atoms with Crippen molar-refractivity contribution in [3.8, 4) is 0 Å². The van der Waals surface area contributed by atoms with E-state index in [1.807, 2.05) is 37.3 Å². The Balaban J connectivity index is 1.29. The number of amides is 1. The number of aryl methyl sites for hydroxylation is 2. The first kappa shape index (κ1) is 20.3. The van der Waals surface area contributed by atoms with Gasteiger partial charge in [-0.2, -0.15) is 0 Å². The van der Waals surface area contributed by atoms with Crippen molar-refractivity contribution in [1.29, 1.82) is 0 Å². The van der Waals surface area contributed by atoms with Crippen LogP contribution in [0, 0.1) is 12.8 Å². The number of anilines is 1. The first-order chi connectivity index (χ1) is 14.6. The Morgan fingerprint density at radius 1 is 1.17 bits per heavy atom. The molecule has 7 heteroatoms. The lowest BCUT2D eigenvalue weighted by molar-refractivity contribution is -0.126. The van der Waals surface area contributed by atoms with Gasteiger partial charge in [-0.05, 0) is 51.2 Å². The lowest BCUT2D eigenvalue weighted by atomic mass is 9.85. The summed E-state index contributed by atoms with van der Waals surface area (Å²) in [5.41, 5.74) is 1.90. The minimum absolute atomic E-state index is 0.0463. The Labute approximate surface area is 176 Å². The molecule has 7 nitrogen and oxygen atoms in total. The molecule has 0 radical (unpaired) electrons. The molecule has 1 aliphatic rings. The molecule has 2 N–H and O–H groups in total. The van der Waals surface area contributed by atoms with Crippen LogP contribution in [0.3, 0.4) is 0 Å². The van der Waals surface area contributed by atoms with E-state index in [1.165, 1.54) is 0 Å². The summed E-state index contributed by atoms with van der Waals surface area (Å²) in [4.78, 5) is 21.7. The fraction of sp³-hybridized carbons (Fsp3) is 0.478. The number of nitrogens with zero attached hydrogens (tertiary/aromatic N) is 3. The quantitative estimate of drug-likeness (QED) is 0.611. The van der Waals surface area contributed by atoms with E-state index in [2.05, 4.69) is 32.7 Å². The number of fused-ring (bicyclic) bond motifs is 1. The topological polar surface area (TPSA) is 92.9 Å². The predicted molar refractivity (Wildman–Crippen MR) is 116 cm³/mol. The summed E-state index contributed by atoms with van der Waals surface area (Å²) in [5.74, 6) is 2.52. The Morgan fingerprint density at radius 3 is 2.77 bits per heavy atom. The van der Waals surface area contributed by atoms with E-state index >= 15 is 0 Å². The molecule has 0 saturated heterocycles. The molecule has 4 rings (SSSR count). The van der Waals surface area contributed by atoms with Gasteiger partial charge >= 0.3 is 0 Å². The van der Waals surface area contributed by atoms with Crippen molar-refractivity contribution >= 4 is 22.6 Å². The molecule has 0 spiro atoms. The average Bonchev–Trinajstić information content (AvgIpc) is 3.20. The summed E-state index contributed by atoms with van der Waals surface area (Å²) in [6.07, 6.45) is 5.54. The highest BCUT2D eigenvalue weighted by Crippen LogP contribution is 2.28. The molecule has 0 atom stereocenters. The smallest absolute Gasteiger partial charge is 0.223 e. The third-order valence-corrected chi connectivity index (χ3v) is 5.70. The molecule has 1 fully saturated rings. The zero-order chi connectivity index (χ0) is 20.9. The van der Waals surface area contributed by atoms with Crippen molar-refractivity contribution in [2.45, 2.75) is 65.0 Å². The van der Waals surface area contributed by atoms with E-state index in [1.54, 1.807) is 0 Å². The molecule has 1 saturated carbocycles. The Morgan fingerprint density at radius 2 is 1.97 bits per heavy atom. The Hall–Kier alpha value is -2.96. The number of carbonyl (C=O) groups excluding carboxylic acids is 1. The molecule has 2 aromatic heterocycles. The second-order valence-electron chi connectivity index (χ2n) is 8.08. The molecule has 1 amide bonds. The van der Waals surface area contributed by atoms with Crippen molar-refractivity contribution in [2.75, 3.05) is 5.32 Å². The van der Waals surface area contributed by atoms with Gasteiger partial charge < -0.3 is 15.2 Å². The fourth-order valence-electron chi connectivity index (χ4n) is 4.13.